The standard InChI is InChI=1S/C22H26N8O2S/c1-14-11-16(30(25-14)19-5-3-4-9-32-19)20-21-22(33-26-20)17(29-7-6-23-27-29)12-18(24-21)28-8-10-31-13-15(28)2/h6-7,11-12,15,19H,3-5,8-10,13H2,1-2H3/t15-,19?/m1/s1. The fourth-order valence-corrected chi connectivity index (χ4v) is 5.45. The molecule has 2 fully saturated rings. The highest BCUT2D eigenvalue weighted by Gasteiger charge is 2.27. The Bertz CT molecular complexity index is 1260. The van der Waals surface area contributed by atoms with Crippen molar-refractivity contribution >= 4 is 27.6 Å². The average molecular weight is 467 g/mol. The highest BCUT2D eigenvalue weighted by Crippen LogP contribution is 2.38. The van der Waals surface area contributed by atoms with Crippen LogP contribution in [0.3, 0.4) is 0 Å². The van der Waals surface area contributed by atoms with E-state index in [1.54, 1.807) is 10.9 Å². The molecule has 4 aromatic heterocycles. The Labute approximate surface area is 195 Å². The second-order valence-corrected chi connectivity index (χ2v) is 9.38. The van der Waals surface area contributed by atoms with Crippen LogP contribution in [0.2, 0.25) is 0 Å². The Kier molecular flexibility index (Phi) is 5.31. The van der Waals surface area contributed by atoms with Crippen molar-refractivity contribution in [3.8, 4) is 17.1 Å². The smallest absolute Gasteiger partial charge is 0.150 e. The average Bonchev–Trinajstić information content (AvgIpc) is 3.59. The first-order valence-electron chi connectivity index (χ1n) is 11.4. The summed E-state index contributed by atoms with van der Waals surface area (Å²) in [5.74, 6) is 0.891. The second-order valence-electron chi connectivity index (χ2n) is 8.61. The van der Waals surface area contributed by atoms with Crippen molar-refractivity contribution in [1.29, 1.82) is 0 Å². The summed E-state index contributed by atoms with van der Waals surface area (Å²) < 4.78 is 21.3. The first-order chi connectivity index (χ1) is 16.2. The summed E-state index contributed by atoms with van der Waals surface area (Å²) in [7, 11) is 0. The van der Waals surface area contributed by atoms with E-state index in [0.717, 1.165) is 71.2 Å². The van der Waals surface area contributed by atoms with Crippen LogP contribution in [-0.2, 0) is 9.47 Å². The number of fused-ring (bicyclic) bond motifs is 1. The highest BCUT2D eigenvalue weighted by molar-refractivity contribution is 7.14. The monoisotopic (exact) mass is 466 g/mol. The van der Waals surface area contributed by atoms with Gasteiger partial charge >= 0.3 is 0 Å². The maximum absolute atomic E-state index is 6.05. The maximum Gasteiger partial charge on any atom is 0.150 e. The van der Waals surface area contributed by atoms with E-state index >= 15 is 0 Å². The molecule has 1 unspecified atom stereocenters. The molecule has 0 N–H and O–H groups in total. The molecule has 2 saturated heterocycles. The Morgan fingerprint density at radius 1 is 1.18 bits per heavy atom. The van der Waals surface area contributed by atoms with Crippen molar-refractivity contribution in [1.82, 2.24) is 34.1 Å². The van der Waals surface area contributed by atoms with Crippen LogP contribution >= 0.6 is 11.5 Å². The molecule has 2 aliphatic rings. The van der Waals surface area contributed by atoms with Gasteiger partial charge in [-0.25, -0.2) is 14.3 Å². The largest absolute Gasteiger partial charge is 0.377 e. The molecule has 10 nitrogen and oxygen atoms in total. The molecule has 11 heteroatoms. The first-order valence-corrected chi connectivity index (χ1v) is 12.2. The summed E-state index contributed by atoms with van der Waals surface area (Å²) in [6, 6.07) is 4.38. The van der Waals surface area contributed by atoms with E-state index < -0.39 is 0 Å². The van der Waals surface area contributed by atoms with Gasteiger partial charge in [0.2, 0.25) is 0 Å². The summed E-state index contributed by atoms with van der Waals surface area (Å²) in [6.07, 6.45) is 6.64. The molecule has 0 spiro atoms. The van der Waals surface area contributed by atoms with Gasteiger partial charge in [0.1, 0.15) is 21.7 Å². The molecule has 6 heterocycles. The maximum atomic E-state index is 6.05. The molecule has 2 aliphatic heterocycles. The van der Waals surface area contributed by atoms with Gasteiger partial charge in [-0.15, -0.1) is 5.10 Å². The van der Waals surface area contributed by atoms with Gasteiger partial charge in [-0.3, -0.25) is 0 Å². The summed E-state index contributed by atoms with van der Waals surface area (Å²) in [6.45, 7) is 7.07. The van der Waals surface area contributed by atoms with Gasteiger partial charge < -0.3 is 14.4 Å². The Morgan fingerprint density at radius 3 is 2.91 bits per heavy atom. The number of rotatable bonds is 4. The summed E-state index contributed by atoms with van der Waals surface area (Å²) in [4.78, 5) is 7.42. The van der Waals surface area contributed by atoms with Gasteiger partial charge in [0.25, 0.3) is 0 Å². The summed E-state index contributed by atoms with van der Waals surface area (Å²) in [5.41, 5.74) is 4.48. The number of aryl methyl sites for hydroxylation is 1. The summed E-state index contributed by atoms with van der Waals surface area (Å²) in [5, 5.41) is 13.0. The van der Waals surface area contributed by atoms with Gasteiger partial charge in [-0.1, -0.05) is 5.21 Å². The van der Waals surface area contributed by atoms with Crippen molar-refractivity contribution in [2.45, 2.75) is 45.4 Å². The van der Waals surface area contributed by atoms with Gasteiger partial charge in [-0.2, -0.15) is 9.47 Å². The third-order valence-electron chi connectivity index (χ3n) is 6.25. The lowest BCUT2D eigenvalue weighted by atomic mass is 10.1. The minimum Gasteiger partial charge on any atom is -0.377 e. The quantitative estimate of drug-likeness (QED) is 0.452. The van der Waals surface area contributed by atoms with Crippen molar-refractivity contribution in [2.24, 2.45) is 0 Å². The molecule has 4 aromatic rings. The number of aromatic nitrogens is 7. The number of hydrogen-bond acceptors (Lipinski definition) is 9. The van der Waals surface area contributed by atoms with Gasteiger partial charge in [0, 0.05) is 19.2 Å². The number of nitrogens with zero attached hydrogens (tertiary/aromatic N) is 8. The van der Waals surface area contributed by atoms with E-state index in [0.29, 0.717) is 13.2 Å². The number of hydrogen-bond donors (Lipinski definition) is 0. The van der Waals surface area contributed by atoms with Gasteiger partial charge in [0.05, 0.1) is 48.7 Å². The molecular weight excluding hydrogens is 440 g/mol. The molecule has 0 amide bonds. The van der Waals surface area contributed by atoms with Crippen LogP contribution in [0.1, 0.15) is 38.1 Å². The van der Waals surface area contributed by atoms with Crippen LogP contribution in [0.5, 0.6) is 0 Å². The molecule has 6 rings (SSSR count). The lowest BCUT2D eigenvalue weighted by Crippen LogP contribution is -2.44. The van der Waals surface area contributed by atoms with Crippen LogP contribution < -0.4 is 4.90 Å². The van der Waals surface area contributed by atoms with Crippen LogP contribution in [0.4, 0.5) is 5.82 Å². The fraction of sp³-hybridized carbons (Fsp3) is 0.500. The number of morpholine rings is 1. The van der Waals surface area contributed by atoms with Crippen molar-refractivity contribution in [2.75, 3.05) is 31.3 Å². The molecule has 2 atom stereocenters. The van der Waals surface area contributed by atoms with Crippen LogP contribution in [-0.4, -0.2) is 66.5 Å². The number of anilines is 1. The lowest BCUT2D eigenvalue weighted by molar-refractivity contribution is -0.0385. The second kappa shape index (κ2) is 8.47. The van der Waals surface area contributed by atoms with E-state index in [2.05, 4.69) is 34.3 Å². The zero-order valence-corrected chi connectivity index (χ0v) is 19.5. The molecule has 0 bridgehead atoms. The molecule has 33 heavy (non-hydrogen) atoms. The van der Waals surface area contributed by atoms with Crippen molar-refractivity contribution in [3.63, 3.8) is 0 Å². The molecule has 0 radical (unpaired) electrons. The molecule has 0 saturated carbocycles. The molecule has 0 aromatic carbocycles. The number of ether oxygens (including phenoxy) is 2. The zero-order valence-electron chi connectivity index (χ0n) is 18.7. The van der Waals surface area contributed by atoms with E-state index in [9.17, 15) is 0 Å². The van der Waals surface area contributed by atoms with E-state index in [1.165, 1.54) is 11.5 Å². The van der Waals surface area contributed by atoms with E-state index in [-0.39, 0.29) is 12.3 Å². The van der Waals surface area contributed by atoms with E-state index in [4.69, 9.17) is 23.9 Å². The topological polar surface area (TPSA) is 96.0 Å². The molecule has 0 aliphatic carbocycles. The predicted octanol–water partition coefficient (Wildman–Crippen LogP) is 3.37. The fourth-order valence-electron chi connectivity index (χ4n) is 4.61. The SMILES string of the molecule is Cc1cc(-c2nsc3c(-n4ccnn4)cc(N4CCOC[C@H]4C)nc23)n(C2CCCCO2)n1. The van der Waals surface area contributed by atoms with E-state index in [1.807, 2.05) is 17.8 Å². The third-order valence-corrected chi connectivity index (χ3v) is 7.11. The highest BCUT2D eigenvalue weighted by atomic mass is 32.1. The van der Waals surface area contributed by atoms with Crippen LogP contribution in [0.15, 0.2) is 24.5 Å². The molecule has 172 valence electrons. The van der Waals surface area contributed by atoms with Crippen molar-refractivity contribution < 1.29 is 9.47 Å². The predicted molar refractivity (Wildman–Crippen MR) is 125 cm³/mol. The molecular formula is C22H26N8O2S. The Balaban J connectivity index is 1.53. The van der Waals surface area contributed by atoms with Gasteiger partial charge in [0.15, 0.2) is 6.23 Å². The van der Waals surface area contributed by atoms with Crippen molar-refractivity contribution in [3.05, 3.63) is 30.2 Å². The van der Waals surface area contributed by atoms with Crippen LogP contribution in [0, 0.1) is 6.92 Å². The Hall–Kier alpha value is -2.89. The minimum absolute atomic E-state index is 0.0727. The normalized spacial score (nSPS) is 21.7. The lowest BCUT2D eigenvalue weighted by Gasteiger charge is -2.34. The van der Waals surface area contributed by atoms with Gasteiger partial charge in [-0.05, 0) is 50.7 Å². The third kappa shape index (κ3) is 3.69. The zero-order chi connectivity index (χ0) is 22.4. The minimum atomic E-state index is -0.0727. The Morgan fingerprint density at radius 2 is 2.12 bits per heavy atom. The first kappa shape index (κ1) is 20.7. The van der Waals surface area contributed by atoms with Crippen LogP contribution in [0.25, 0.3) is 27.3 Å². The number of pyridine rings is 1. The summed E-state index contributed by atoms with van der Waals surface area (Å²) >= 11 is 1.43.